The predicted octanol–water partition coefficient (Wildman–Crippen LogP) is 4.51. The minimum Gasteiger partial charge on any atom is -0.479 e. The molecule has 2 aromatic heterocycles. The molecule has 11 heteroatoms. The summed E-state index contributed by atoms with van der Waals surface area (Å²) in [5, 5.41) is 9.72. The number of aryl methyl sites for hydroxylation is 1. The van der Waals surface area contributed by atoms with Crippen LogP contribution in [0.15, 0.2) is 42.7 Å². The highest BCUT2D eigenvalue weighted by molar-refractivity contribution is 5.80. The lowest BCUT2D eigenvalue weighted by Crippen LogP contribution is -2.36. The number of amides is 1. The largest absolute Gasteiger partial charge is 0.479 e. The zero-order valence-electron chi connectivity index (χ0n) is 19.2. The van der Waals surface area contributed by atoms with Gasteiger partial charge in [-0.25, -0.2) is 14.1 Å². The van der Waals surface area contributed by atoms with Crippen molar-refractivity contribution in [2.24, 2.45) is 0 Å². The van der Waals surface area contributed by atoms with Gasteiger partial charge >= 0.3 is 6.18 Å². The summed E-state index contributed by atoms with van der Waals surface area (Å²) < 4.78 is 61.1. The van der Waals surface area contributed by atoms with E-state index in [1.54, 1.807) is 0 Å². The van der Waals surface area contributed by atoms with Crippen LogP contribution in [0.5, 0.6) is 5.88 Å². The Bertz CT molecular complexity index is 1190. The first-order valence-electron chi connectivity index (χ1n) is 11.1. The van der Waals surface area contributed by atoms with E-state index in [-0.39, 0.29) is 31.1 Å². The monoisotopic (exact) mass is 491 g/mol. The quantitative estimate of drug-likeness (QED) is 0.476. The highest BCUT2D eigenvalue weighted by Gasteiger charge is 2.47. The van der Waals surface area contributed by atoms with E-state index in [2.05, 4.69) is 20.7 Å². The fourth-order valence-corrected chi connectivity index (χ4v) is 4.09. The van der Waals surface area contributed by atoms with Crippen molar-refractivity contribution in [1.29, 1.82) is 0 Å². The molecule has 3 aromatic rings. The normalized spacial score (nSPS) is 17.4. The third-order valence-corrected chi connectivity index (χ3v) is 6.00. The number of nitrogens with zero attached hydrogens (tertiary/aromatic N) is 3. The van der Waals surface area contributed by atoms with E-state index in [4.69, 9.17) is 4.74 Å². The standard InChI is InChI=1S/C24H25F4N5O2/c1-3-14-4-6-16(7-5-14)19-10-20(24(26,27)28)33-22(32-19)17(13-31-33)9-21(34)29-11-15-8-18(25)23(35-2)30-12-15/h4-8,12-13,19-20,32H,3,9-11H2,1-2H3,(H,29,34)/t19-,20+/m1/s1. The van der Waals surface area contributed by atoms with E-state index in [1.807, 2.05) is 31.2 Å². The second kappa shape index (κ2) is 9.93. The first-order valence-corrected chi connectivity index (χ1v) is 11.1. The molecule has 1 aliphatic heterocycles. The number of carbonyl (C=O) groups excluding carboxylic acids is 1. The fraction of sp³-hybridized carbons (Fsp3) is 0.375. The van der Waals surface area contributed by atoms with Crippen molar-refractivity contribution in [2.45, 2.75) is 51.0 Å². The zero-order valence-corrected chi connectivity index (χ0v) is 19.2. The number of alkyl halides is 3. The number of methoxy groups -OCH3 is 1. The first-order chi connectivity index (χ1) is 16.7. The number of benzene rings is 1. The lowest BCUT2D eigenvalue weighted by atomic mass is 9.95. The number of aromatic nitrogens is 3. The number of carbonyl (C=O) groups is 1. The topological polar surface area (TPSA) is 81.1 Å². The molecule has 0 saturated heterocycles. The van der Waals surface area contributed by atoms with Gasteiger partial charge < -0.3 is 15.4 Å². The van der Waals surface area contributed by atoms with Crippen LogP contribution in [0, 0.1) is 5.82 Å². The van der Waals surface area contributed by atoms with Gasteiger partial charge in [-0.3, -0.25) is 4.79 Å². The fourth-order valence-electron chi connectivity index (χ4n) is 4.09. The van der Waals surface area contributed by atoms with Crippen LogP contribution in [0.4, 0.5) is 23.4 Å². The number of hydrogen-bond donors (Lipinski definition) is 2. The summed E-state index contributed by atoms with van der Waals surface area (Å²) in [5.74, 6) is -1.10. The van der Waals surface area contributed by atoms with Crippen molar-refractivity contribution >= 4 is 11.7 Å². The Morgan fingerprint density at radius 2 is 1.97 bits per heavy atom. The van der Waals surface area contributed by atoms with Gasteiger partial charge in [0.25, 0.3) is 0 Å². The Kier molecular flexibility index (Phi) is 6.95. The van der Waals surface area contributed by atoms with Gasteiger partial charge in [0.1, 0.15) is 5.82 Å². The van der Waals surface area contributed by atoms with Crippen LogP contribution in [0.1, 0.15) is 47.7 Å². The number of halogens is 4. The van der Waals surface area contributed by atoms with E-state index in [0.717, 1.165) is 22.2 Å². The maximum Gasteiger partial charge on any atom is 0.410 e. The van der Waals surface area contributed by atoms with E-state index in [0.29, 0.717) is 11.1 Å². The third-order valence-electron chi connectivity index (χ3n) is 6.00. The van der Waals surface area contributed by atoms with Crippen LogP contribution in [-0.4, -0.2) is 34.0 Å². The highest BCUT2D eigenvalue weighted by atomic mass is 19.4. The highest BCUT2D eigenvalue weighted by Crippen LogP contribution is 2.44. The molecule has 0 saturated carbocycles. The Morgan fingerprint density at radius 1 is 1.23 bits per heavy atom. The summed E-state index contributed by atoms with van der Waals surface area (Å²) >= 11 is 0. The molecule has 7 nitrogen and oxygen atoms in total. The van der Waals surface area contributed by atoms with Gasteiger partial charge in [0, 0.05) is 24.7 Å². The average Bonchev–Trinajstić information content (AvgIpc) is 3.24. The Morgan fingerprint density at radius 3 is 2.60 bits per heavy atom. The minimum atomic E-state index is -4.50. The minimum absolute atomic E-state index is 0.00122. The summed E-state index contributed by atoms with van der Waals surface area (Å²) in [6, 6.07) is 6.23. The second-order valence-corrected chi connectivity index (χ2v) is 8.34. The van der Waals surface area contributed by atoms with E-state index < -0.39 is 30.0 Å². The van der Waals surface area contributed by atoms with Crippen LogP contribution in [0.2, 0.25) is 0 Å². The lowest BCUT2D eigenvalue weighted by Gasteiger charge is -2.34. The lowest BCUT2D eigenvalue weighted by molar-refractivity contribution is -0.173. The second-order valence-electron chi connectivity index (χ2n) is 8.34. The maximum absolute atomic E-state index is 13.9. The van der Waals surface area contributed by atoms with E-state index in [1.165, 1.54) is 25.6 Å². The molecule has 1 aliphatic rings. The van der Waals surface area contributed by atoms with Gasteiger partial charge in [-0.15, -0.1) is 0 Å². The van der Waals surface area contributed by atoms with Gasteiger partial charge in [0.15, 0.2) is 11.9 Å². The number of pyridine rings is 1. The predicted molar refractivity (Wildman–Crippen MR) is 120 cm³/mol. The van der Waals surface area contributed by atoms with Gasteiger partial charge in [0.05, 0.1) is 25.8 Å². The molecule has 0 aliphatic carbocycles. The molecule has 2 N–H and O–H groups in total. The summed E-state index contributed by atoms with van der Waals surface area (Å²) in [4.78, 5) is 16.3. The van der Waals surface area contributed by atoms with Crippen LogP contribution in [0.25, 0.3) is 0 Å². The Balaban J connectivity index is 1.51. The summed E-state index contributed by atoms with van der Waals surface area (Å²) in [7, 11) is 1.29. The van der Waals surface area contributed by atoms with Crippen molar-refractivity contribution in [3.8, 4) is 5.88 Å². The zero-order chi connectivity index (χ0) is 25.2. The van der Waals surface area contributed by atoms with Crippen LogP contribution >= 0.6 is 0 Å². The number of anilines is 1. The number of hydrogen-bond acceptors (Lipinski definition) is 5. The van der Waals surface area contributed by atoms with Gasteiger partial charge in [-0.05, 0) is 29.2 Å². The van der Waals surface area contributed by atoms with Gasteiger partial charge in [-0.2, -0.15) is 18.3 Å². The molecule has 1 amide bonds. The molecule has 0 fully saturated rings. The Hall–Kier alpha value is -3.63. The smallest absolute Gasteiger partial charge is 0.410 e. The van der Waals surface area contributed by atoms with Crippen molar-refractivity contribution < 1.29 is 27.1 Å². The van der Waals surface area contributed by atoms with Crippen molar-refractivity contribution in [2.75, 3.05) is 12.4 Å². The number of ether oxygens (including phenoxy) is 1. The van der Waals surface area contributed by atoms with Gasteiger partial charge in [0.2, 0.25) is 11.8 Å². The summed E-state index contributed by atoms with van der Waals surface area (Å²) in [5.41, 5.74) is 2.57. The molecule has 0 unspecified atom stereocenters. The number of rotatable bonds is 7. The summed E-state index contributed by atoms with van der Waals surface area (Å²) in [6.07, 6.45) is -1.44. The third kappa shape index (κ3) is 5.39. The molecule has 0 spiro atoms. The van der Waals surface area contributed by atoms with Crippen LogP contribution in [0.3, 0.4) is 0 Å². The molecular weight excluding hydrogens is 466 g/mol. The van der Waals surface area contributed by atoms with Crippen molar-refractivity contribution in [3.63, 3.8) is 0 Å². The molecule has 0 radical (unpaired) electrons. The van der Waals surface area contributed by atoms with Crippen LogP contribution < -0.4 is 15.4 Å². The first kappa shape index (κ1) is 24.5. The van der Waals surface area contributed by atoms with Gasteiger partial charge in [-0.1, -0.05) is 31.2 Å². The SMILES string of the molecule is CCc1ccc([C@H]2C[C@@H](C(F)(F)F)n3ncc(CC(=O)NCc4cnc(OC)c(F)c4)c3N2)cc1. The molecule has 3 heterocycles. The van der Waals surface area contributed by atoms with Crippen molar-refractivity contribution in [3.05, 3.63) is 70.8 Å². The number of nitrogens with one attached hydrogen (secondary N) is 2. The molecule has 35 heavy (non-hydrogen) atoms. The average molecular weight is 491 g/mol. The van der Waals surface area contributed by atoms with Crippen LogP contribution in [-0.2, 0) is 24.2 Å². The molecule has 1 aromatic carbocycles. The molecule has 4 rings (SSSR count). The van der Waals surface area contributed by atoms with Crippen molar-refractivity contribution in [1.82, 2.24) is 20.1 Å². The summed E-state index contributed by atoms with van der Waals surface area (Å²) in [6.45, 7) is 2.01. The molecule has 0 bridgehead atoms. The molecule has 2 atom stereocenters. The van der Waals surface area contributed by atoms with E-state index in [9.17, 15) is 22.4 Å². The molecule has 186 valence electrons. The molecular formula is C24H25F4N5O2. The maximum atomic E-state index is 13.9. The Labute approximate surface area is 199 Å². The number of fused-ring (bicyclic) bond motifs is 1. The van der Waals surface area contributed by atoms with E-state index >= 15 is 0 Å².